The van der Waals surface area contributed by atoms with Crippen molar-refractivity contribution in [1.82, 2.24) is 14.8 Å². The van der Waals surface area contributed by atoms with E-state index >= 15 is 0 Å². The van der Waals surface area contributed by atoms with Crippen molar-refractivity contribution in [1.29, 1.82) is 0 Å². The number of aromatic nitrogens is 3. The summed E-state index contributed by atoms with van der Waals surface area (Å²) in [7, 11) is 0. The SMILES string of the molecule is CCc1n[nH]c(=S)n1CC(C)(C)SC. The molecule has 0 amide bonds. The van der Waals surface area contributed by atoms with E-state index in [4.69, 9.17) is 12.2 Å². The van der Waals surface area contributed by atoms with Gasteiger partial charge in [-0.25, -0.2) is 0 Å². The third-order valence-electron chi connectivity index (χ3n) is 2.25. The lowest BCUT2D eigenvalue weighted by molar-refractivity contribution is 0.544. The van der Waals surface area contributed by atoms with Crippen molar-refractivity contribution in [3.8, 4) is 0 Å². The highest BCUT2D eigenvalue weighted by molar-refractivity contribution is 7.99. The lowest BCUT2D eigenvalue weighted by Crippen LogP contribution is -2.23. The van der Waals surface area contributed by atoms with Gasteiger partial charge in [-0.2, -0.15) is 16.9 Å². The average Bonchev–Trinajstić information content (AvgIpc) is 2.48. The maximum Gasteiger partial charge on any atom is 0.195 e. The van der Waals surface area contributed by atoms with Crippen molar-refractivity contribution in [3.05, 3.63) is 10.6 Å². The summed E-state index contributed by atoms with van der Waals surface area (Å²) < 4.78 is 3.02. The van der Waals surface area contributed by atoms with E-state index < -0.39 is 0 Å². The predicted molar refractivity (Wildman–Crippen MR) is 64.4 cm³/mol. The fourth-order valence-electron chi connectivity index (χ4n) is 1.23. The molecule has 14 heavy (non-hydrogen) atoms. The van der Waals surface area contributed by atoms with Gasteiger partial charge in [-0.3, -0.25) is 5.10 Å². The molecule has 0 unspecified atom stereocenters. The van der Waals surface area contributed by atoms with Gasteiger partial charge in [0.15, 0.2) is 4.77 Å². The first-order valence-electron chi connectivity index (χ1n) is 4.69. The van der Waals surface area contributed by atoms with Crippen LogP contribution >= 0.6 is 24.0 Å². The van der Waals surface area contributed by atoms with Crippen molar-refractivity contribution >= 4 is 24.0 Å². The molecule has 0 atom stereocenters. The molecule has 5 heteroatoms. The predicted octanol–water partition coefficient (Wildman–Crippen LogP) is 2.64. The van der Waals surface area contributed by atoms with Crippen LogP contribution in [0.5, 0.6) is 0 Å². The smallest absolute Gasteiger partial charge is 0.195 e. The molecule has 0 aliphatic carbocycles. The largest absolute Gasteiger partial charge is 0.303 e. The molecule has 0 spiro atoms. The summed E-state index contributed by atoms with van der Waals surface area (Å²) in [6.07, 6.45) is 3.03. The first-order chi connectivity index (χ1) is 6.50. The fraction of sp³-hybridized carbons (Fsp3) is 0.778. The number of aromatic amines is 1. The number of nitrogens with one attached hydrogen (secondary N) is 1. The Bertz CT molecular complexity index is 351. The minimum Gasteiger partial charge on any atom is -0.303 e. The first kappa shape index (κ1) is 11.8. The van der Waals surface area contributed by atoms with Gasteiger partial charge in [0.2, 0.25) is 0 Å². The Morgan fingerprint density at radius 1 is 1.57 bits per heavy atom. The number of rotatable bonds is 4. The number of thioether (sulfide) groups is 1. The maximum atomic E-state index is 5.19. The molecule has 0 fully saturated rings. The Hall–Kier alpha value is -0.290. The highest BCUT2D eigenvalue weighted by Crippen LogP contribution is 2.23. The van der Waals surface area contributed by atoms with E-state index in [0.29, 0.717) is 0 Å². The molecule has 0 saturated heterocycles. The zero-order valence-corrected chi connectivity index (χ0v) is 10.8. The molecule has 1 aromatic heterocycles. The van der Waals surface area contributed by atoms with E-state index in [-0.39, 0.29) is 4.75 Å². The van der Waals surface area contributed by atoms with Crippen LogP contribution < -0.4 is 0 Å². The van der Waals surface area contributed by atoms with Crippen molar-refractivity contribution in [2.75, 3.05) is 6.26 Å². The number of nitrogens with zero attached hydrogens (tertiary/aromatic N) is 2. The standard InChI is InChI=1S/C9H17N3S2/c1-5-7-10-11-8(13)12(7)6-9(2,3)14-4/h5-6H2,1-4H3,(H,11,13). The number of H-pyrrole nitrogens is 1. The molecule has 1 rings (SSSR count). The summed E-state index contributed by atoms with van der Waals surface area (Å²) in [5.74, 6) is 1.04. The Labute approximate surface area is 94.3 Å². The van der Waals surface area contributed by atoms with Crippen molar-refractivity contribution in [2.45, 2.75) is 38.5 Å². The van der Waals surface area contributed by atoms with Gasteiger partial charge in [-0.15, -0.1) is 0 Å². The lowest BCUT2D eigenvalue weighted by Gasteiger charge is -2.22. The van der Waals surface area contributed by atoms with Crippen LogP contribution in [-0.2, 0) is 13.0 Å². The molecule has 0 radical (unpaired) electrons. The van der Waals surface area contributed by atoms with E-state index in [1.54, 1.807) is 0 Å². The Balaban J connectivity index is 2.95. The highest BCUT2D eigenvalue weighted by Gasteiger charge is 2.18. The van der Waals surface area contributed by atoms with Crippen LogP contribution in [0.1, 0.15) is 26.6 Å². The molecule has 3 nitrogen and oxygen atoms in total. The summed E-state index contributed by atoms with van der Waals surface area (Å²) in [4.78, 5) is 0. The lowest BCUT2D eigenvalue weighted by atomic mass is 10.2. The minimum absolute atomic E-state index is 0.200. The quantitative estimate of drug-likeness (QED) is 0.809. The van der Waals surface area contributed by atoms with Gasteiger partial charge in [-0.05, 0) is 32.3 Å². The van der Waals surface area contributed by atoms with E-state index in [0.717, 1.165) is 23.6 Å². The first-order valence-corrected chi connectivity index (χ1v) is 6.32. The van der Waals surface area contributed by atoms with E-state index in [2.05, 4.69) is 41.8 Å². The second-order valence-corrected chi connectivity index (χ2v) is 5.75. The molecule has 1 N–H and O–H groups in total. The monoisotopic (exact) mass is 231 g/mol. The van der Waals surface area contributed by atoms with Gasteiger partial charge in [0, 0.05) is 17.7 Å². The van der Waals surface area contributed by atoms with Crippen LogP contribution in [0.4, 0.5) is 0 Å². The molecular formula is C9H17N3S2. The summed E-state index contributed by atoms with van der Waals surface area (Å²) >= 11 is 7.04. The average molecular weight is 231 g/mol. The van der Waals surface area contributed by atoms with Gasteiger partial charge in [0.1, 0.15) is 5.82 Å². The number of hydrogen-bond acceptors (Lipinski definition) is 3. The molecule has 1 heterocycles. The van der Waals surface area contributed by atoms with Gasteiger partial charge in [0.25, 0.3) is 0 Å². The van der Waals surface area contributed by atoms with E-state index in [1.165, 1.54) is 0 Å². The fourth-order valence-corrected chi connectivity index (χ4v) is 1.70. The molecule has 0 aromatic carbocycles. The normalized spacial score (nSPS) is 12.0. The van der Waals surface area contributed by atoms with E-state index in [9.17, 15) is 0 Å². The zero-order valence-electron chi connectivity index (χ0n) is 9.13. The van der Waals surface area contributed by atoms with Gasteiger partial charge in [-0.1, -0.05) is 6.92 Å². The number of aryl methyl sites for hydroxylation is 1. The summed E-state index contributed by atoms with van der Waals surface area (Å²) in [6.45, 7) is 7.43. The molecule has 0 bridgehead atoms. The Morgan fingerprint density at radius 2 is 2.21 bits per heavy atom. The van der Waals surface area contributed by atoms with Crippen molar-refractivity contribution in [3.63, 3.8) is 0 Å². The second-order valence-electron chi connectivity index (χ2n) is 3.85. The maximum absolute atomic E-state index is 5.19. The minimum atomic E-state index is 0.200. The second kappa shape index (κ2) is 4.49. The van der Waals surface area contributed by atoms with Crippen LogP contribution in [-0.4, -0.2) is 25.8 Å². The summed E-state index contributed by atoms with van der Waals surface area (Å²) in [5.41, 5.74) is 0. The van der Waals surface area contributed by atoms with Crippen LogP contribution in [0.15, 0.2) is 0 Å². The van der Waals surface area contributed by atoms with Crippen LogP contribution in [0, 0.1) is 4.77 Å². The molecular weight excluding hydrogens is 214 g/mol. The highest BCUT2D eigenvalue weighted by atomic mass is 32.2. The van der Waals surface area contributed by atoms with Crippen LogP contribution in [0.25, 0.3) is 0 Å². The zero-order chi connectivity index (χ0) is 10.8. The van der Waals surface area contributed by atoms with Crippen LogP contribution in [0.2, 0.25) is 0 Å². The topological polar surface area (TPSA) is 33.6 Å². The molecule has 0 aliphatic heterocycles. The van der Waals surface area contributed by atoms with Crippen LogP contribution in [0.3, 0.4) is 0 Å². The molecule has 80 valence electrons. The Kier molecular flexibility index (Phi) is 3.78. The third kappa shape index (κ3) is 2.60. The summed E-state index contributed by atoms with van der Waals surface area (Å²) in [6, 6.07) is 0. The summed E-state index contributed by atoms with van der Waals surface area (Å²) in [5, 5.41) is 7.03. The third-order valence-corrected chi connectivity index (χ3v) is 3.79. The number of hydrogen-bond donors (Lipinski definition) is 1. The van der Waals surface area contributed by atoms with E-state index in [1.807, 2.05) is 11.8 Å². The molecule has 1 aromatic rings. The molecule has 0 saturated carbocycles. The Morgan fingerprint density at radius 3 is 2.71 bits per heavy atom. The van der Waals surface area contributed by atoms with Gasteiger partial charge in [0.05, 0.1) is 0 Å². The van der Waals surface area contributed by atoms with Gasteiger partial charge < -0.3 is 4.57 Å². The van der Waals surface area contributed by atoms with Gasteiger partial charge >= 0.3 is 0 Å². The molecule has 0 aliphatic rings. The van der Waals surface area contributed by atoms with Crippen molar-refractivity contribution in [2.24, 2.45) is 0 Å². The van der Waals surface area contributed by atoms with Crippen molar-refractivity contribution < 1.29 is 0 Å².